The number of ketones is 1. The van der Waals surface area contributed by atoms with Crippen LogP contribution in [-0.4, -0.2) is 98.6 Å². The van der Waals surface area contributed by atoms with Crippen LogP contribution in [0.2, 0.25) is 0 Å². The minimum atomic E-state index is -4.91. The maximum atomic E-state index is 12.8. The van der Waals surface area contributed by atoms with Gasteiger partial charge < -0.3 is 39.5 Å². The molecular weight excluding hydrogens is 894 g/mol. The molecule has 1 saturated carbocycles. The molecule has 18 heteroatoms. The average molecular weight is 973 g/mol. The Kier molecular flexibility index (Phi) is 34.9. The first-order chi connectivity index (χ1) is 31.6. The van der Waals surface area contributed by atoms with E-state index in [0.29, 0.717) is 38.5 Å². The number of allylic oxidation sites excluding steroid dienone is 13. The minimum absolute atomic E-state index is 0.0131. The molecule has 376 valence electrons. The highest BCUT2D eigenvalue weighted by atomic mass is 31.2. The number of phosphoric ester groups is 2. The monoisotopic (exact) mass is 972 g/mol. The van der Waals surface area contributed by atoms with E-state index in [1.807, 2.05) is 30.4 Å². The zero-order chi connectivity index (χ0) is 48.9. The summed E-state index contributed by atoms with van der Waals surface area (Å²) in [6.45, 7) is 1.22. The SMILES string of the molecule is CCCCC/C=C\C/C=C\C/C=C\C/C=C\C/C=C\CCC(=O)OC[C@H](COP(=O)(O)OC[C@@H](O)COP(=O)(O)O)OC(=O)CCC/C=C\C[C@H]1[C@@H](O)CC(=O)[C@@H]1/C=C/[C@@H](O)CCCCC. The molecule has 16 nitrogen and oxygen atoms in total. The van der Waals surface area contributed by atoms with Crippen LogP contribution in [-0.2, 0) is 46.6 Å². The van der Waals surface area contributed by atoms with Crippen LogP contribution in [0.3, 0.4) is 0 Å². The molecule has 1 aliphatic rings. The number of aliphatic hydroxyl groups is 3. The molecule has 0 aromatic rings. The Balaban J connectivity index is 2.61. The predicted molar refractivity (Wildman–Crippen MR) is 254 cm³/mol. The van der Waals surface area contributed by atoms with E-state index in [9.17, 15) is 43.7 Å². The second-order valence-corrected chi connectivity index (χ2v) is 18.8. The van der Waals surface area contributed by atoms with E-state index in [0.717, 1.165) is 44.9 Å². The molecule has 1 fully saturated rings. The number of Topliss-reactive ketones (excluding diaryl/α,β-unsaturated/α-hetero) is 1. The first-order valence-electron chi connectivity index (χ1n) is 23.4. The van der Waals surface area contributed by atoms with Crippen molar-refractivity contribution in [3.8, 4) is 0 Å². The van der Waals surface area contributed by atoms with E-state index in [-0.39, 0.29) is 31.0 Å². The lowest BCUT2D eigenvalue weighted by Crippen LogP contribution is -2.29. The lowest BCUT2D eigenvalue weighted by molar-refractivity contribution is -0.161. The van der Waals surface area contributed by atoms with Gasteiger partial charge in [0.1, 0.15) is 18.5 Å². The van der Waals surface area contributed by atoms with Crippen LogP contribution in [0.5, 0.6) is 0 Å². The highest BCUT2D eigenvalue weighted by molar-refractivity contribution is 7.47. The molecule has 0 bridgehead atoms. The quantitative estimate of drug-likeness (QED) is 0.0145. The summed E-state index contributed by atoms with van der Waals surface area (Å²) >= 11 is 0. The molecule has 0 saturated heterocycles. The molecule has 0 radical (unpaired) electrons. The molecule has 7 atom stereocenters. The van der Waals surface area contributed by atoms with E-state index >= 15 is 0 Å². The number of unbranched alkanes of at least 4 members (excludes halogenated alkanes) is 6. The van der Waals surface area contributed by atoms with Crippen LogP contribution in [0.25, 0.3) is 0 Å². The van der Waals surface area contributed by atoms with Gasteiger partial charge in [0.2, 0.25) is 0 Å². The third kappa shape index (κ3) is 34.2. The number of hydrogen-bond acceptors (Lipinski definition) is 13. The van der Waals surface area contributed by atoms with E-state index in [2.05, 4.69) is 65.4 Å². The largest absolute Gasteiger partial charge is 0.472 e. The van der Waals surface area contributed by atoms with Crippen molar-refractivity contribution < 1.29 is 76.6 Å². The Morgan fingerprint density at radius 2 is 1.21 bits per heavy atom. The van der Waals surface area contributed by atoms with E-state index < -0.39 is 84.3 Å². The molecular formula is C48H78O16P2. The zero-order valence-electron chi connectivity index (χ0n) is 39.0. The van der Waals surface area contributed by atoms with Crippen LogP contribution in [0.4, 0.5) is 0 Å². The average Bonchev–Trinajstić information content (AvgIpc) is 3.54. The van der Waals surface area contributed by atoms with Gasteiger partial charge in [-0.1, -0.05) is 131 Å². The Labute approximate surface area is 392 Å². The first-order valence-corrected chi connectivity index (χ1v) is 26.4. The second kappa shape index (κ2) is 37.8. The Hall–Kier alpha value is -3.11. The highest BCUT2D eigenvalue weighted by Crippen LogP contribution is 2.44. The van der Waals surface area contributed by atoms with Gasteiger partial charge in [0.15, 0.2) is 6.10 Å². The Morgan fingerprint density at radius 3 is 1.83 bits per heavy atom. The molecule has 0 heterocycles. The molecule has 0 spiro atoms. The summed E-state index contributed by atoms with van der Waals surface area (Å²) in [6, 6.07) is 0. The smallest absolute Gasteiger partial charge is 0.462 e. The molecule has 0 aliphatic heterocycles. The zero-order valence-corrected chi connectivity index (χ0v) is 40.8. The number of ether oxygens (including phenoxy) is 2. The van der Waals surface area contributed by atoms with Crippen LogP contribution >= 0.6 is 15.6 Å². The maximum Gasteiger partial charge on any atom is 0.472 e. The number of aliphatic hydroxyl groups excluding tert-OH is 3. The standard InChI is InChI=1S/C48H78O16P2/c1-3-5-7-8-9-10-11-12-13-14-15-16-17-18-19-20-21-22-27-31-47(53)60-38-42(39-63-66(58,59)62-37-41(50)36-61-65(55,56)57)64-48(54)32-28-24-23-26-30-43-44(46(52)35-45(43)51)34-33-40(49)29-25-6-4-2/h9-10,12-13,15-16,18-19,21-23,26,33-34,40-45,49-51H,3-8,11,14,17,20,24-25,27-32,35-39H2,1-2H3,(H,58,59)(H2,55,56,57)/b10-9-,13-12-,16-15-,19-18-,22-21-,26-23-,34-33+/t40-,41-,42+,43+,44+,45-/m0/s1. The molecule has 66 heavy (non-hydrogen) atoms. The van der Waals surface area contributed by atoms with Crippen molar-refractivity contribution in [2.45, 2.75) is 160 Å². The van der Waals surface area contributed by atoms with Crippen molar-refractivity contribution >= 4 is 33.4 Å². The van der Waals surface area contributed by atoms with Gasteiger partial charge in [-0.3, -0.25) is 28.0 Å². The molecule has 0 amide bonds. The molecule has 1 aliphatic carbocycles. The molecule has 6 N–H and O–H groups in total. The summed E-state index contributed by atoms with van der Waals surface area (Å²) in [7, 11) is -9.82. The fraction of sp³-hybridized carbons (Fsp3) is 0.646. The van der Waals surface area contributed by atoms with Gasteiger partial charge in [0, 0.05) is 31.1 Å². The Bertz CT molecular complexity index is 1650. The summed E-state index contributed by atoms with van der Waals surface area (Å²) in [6.07, 6.45) is 36.7. The Morgan fingerprint density at radius 1 is 0.667 bits per heavy atom. The summed E-state index contributed by atoms with van der Waals surface area (Å²) in [4.78, 5) is 65.5. The number of esters is 2. The third-order valence-corrected chi connectivity index (χ3v) is 11.6. The summed E-state index contributed by atoms with van der Waals surface area (Å²) in [5.74, 6) is -2.25. The van der Waals surface area contributed by atoms with Crippen molar-refractivity contribution in [2.75, 3.05) is 26.4 Å². The summed E-state index contributed by atoms with van der Waals surface area (Å²) < 4.78 is 47.7. The van der Waals surface area contributed by atoms with Gasteiger partial charge in [-0.15, -0.1) is 0 Å². The lowest BCUT2D eigenvalue weighted by atomic mass is 9.90. The van der Waals surface area contributed by atoms with Crippen LogP contribution in [0, 0.1) is 11.8 Å². The van der Waals surface area contributed by atoms with Gasteiger partial charge in [-0.2, -0.15) is 0 Å². The summed E-state index contributed by atoms with van der Waals surface area (Å²) in [5.41, 5.74) is 0. The number of rotatable bonds is 39. The van der Waals surface area contributed by atoms with Gasteiger partial charge in [-0.05, 0) is 70.6 Å². The van der Waals surface area contributed by atoms with Crippen molar-refractivity contribution in [2.24, 2.45) is 11.8 Å². The topological polar surface area (TPSA) is 253 Å². The number of hydrogen-bond donors (Lipinski definition) is 6. The van der Waals surface area contributed by atoms with Gasteiger partial charge >= 0.3 is 27.6 Å². The molecule has 1 rings (SSSR count). The minimum Gasteiger partial charge on any atom is -0.462 e. The molecule has 0 aromatic carbocycles. The first kappa shape index (κ1) is 60.9. The van der Waals surface area contributed by atoms with E-state index in [1.54, 1.807) is 12.2 Å². The maximum absolute atomic E-state index is 12.8. The van der Waals surface area contributed by atoms with Crippen LogP contribution < -0.4 is 0 Å². The fourth-order valence-corrected chi connectivity index (χ4v) is 7.64. The number of carbonyl (C=O) groups is 3. The normalized spacial score (nSPS) is 19.7. The van der Waals surface area contributed by atoms with Crippen molar-refractivity contribution in [1.82, 2.24) is 0 Å². The van der Waals surface area contributed by atoms with Crippen molar-refractivity contribution in [1.29, 1.82) is 0 Å². The van der Waals surface area contributed by atoms with Gasteiger partial charge in [0.05, 0.1) is 32.0 Å². The van der Waals surface area contributed by atoms with E-state index in [4.69, 9.17) is 23.8 Å². The highest BCUT2D eigenvalue weighted by Gasteiger charge is 2.39. The lowest BCUT2D eigenvalue weighted by Gasteiger charge is -2.20. The molecule has 1 unspecified atom stereocenters. The van der Waals surface area contributed by atoms with Crippen LogP contribution in [0.1, 0.15) is 136 Å². The molecule has 0 aromatic heterocycles. The summed E-state index contributed by atoms with van der Waals surface area (Å²) in [5, 5.41) is 30.5. The van der Waals surface area contributed by atoms with Gasteiger partial charge in [-0.25, -0.2) is 9.13 Å². The number of carbonyl (C=O) groups excluding carboxylic acids is 3. The third-order valence-electron chi connectivity index (χ3n) is 10.1. The van der Waals surface area contributed by atoms with Crippen LogP contribution in [0.15, 0.2) is 85.1 Å². The second-order valence-electron chi connectivity index (χ2n) is 16.1. The van der Waals surface area contributed by atoms with Crippen molar-refractivity contribution in [3.05, 3.63) is 85.1 Å². The van der Waals surface area contributed by atoms with E-state index in [1.165, 1.54) is 19.3 Å². The van der Waals surface area contributed by atoms with Crippen molar-refractivity contribution in [3.63, 3.8) is 0 Å². The van der Waals surface area contributed by atoms with Gasteiger partial charge in [0.25, 0.3) is 0 Å². The number of phosphoric acid groups is 2. The predicted octanol–water partition coefficient (Wildman–Crippen LogP) is 8.93. The fourth-order valence-electron chi connectivity index (χ4n) is 6.49.